The molecule has 0 aromatic heterocycles. The number of nitrogens with one attached hydrogen (secondary N) is 1. The van der Waals surface area contributed by atoms with Crippen LogP contribution in [-0.2, 0) is 4.79 Å². The van der Waals surface area contributed by atoms with Crippen molar-refractivity contribution in [1.29, 1.82) is 0 Å². The van der Waals surface area contributed by atoms with E-state index >= 15 is 0 Å². The van der Waals surface area contributed by atoms with Crippen molar-refractivity contribution in [3.63, 3.8) is 0 Å². The predicted molar refractivity (Wildman–Crippen MR) is 104 cm³/mol. The SMILES string of the molecule is CCC(C)N1CCN(C(=O)C2CCC(Nc3ccc(F)cc3)CC2)CC1. The number of hydrogen-bond acceptors (Lipinski definition) is 3. The smallest absolute Gasteiger partial charge is 0.225 e. The van der Waals surface area contributed by atoms with Gasteiger partial charge in [-0.05, 0) is 63.3 Å². The molecule has 1 aromatic rings. The van der Waals surface area contributed by atoms with Gasteiger partial charge in [0.15, 0.2) is 0 Å². The van der Waals surface area contributed by atoms with E-state index in [4.69, 9.17) is 0 Å². The number of anilines is 1. The van der Waals surface area contributed by atoms with Crippen LogP contribution < -0.4 is 5.32 Å². The molecule has 3 rings (SSSR count). The van der Waals surface area contributed by atoms with E-state index in [0.29, 0.717) is 18.0 Å². The van der Waals surface area contributed by atoms with E-state index in [2.05, 4.69) is 29.0 Å². The molecule has 1 unspecified atom stereocenters. The summed E-state index contributed by atoms with van der Waals surface area (Å²) >= 11 is 0. The third-order valence-corrected chi connectivity index (χ3v) is 6.13. The number of hydrogen-bond donors (Lipinski definition) is 1. The Labute approximate surface area is 156 Å². The van der Waals surface area contributed by atoms with Crippen LogP contribution in [0, 0.1) is 11.7 Å². The largest absolute Gasteiger partial charge is 0.382 e. The molecule has 1 amide bonds. The molecule has 1 aliphatic carbocycles. The number of amides is 1. The minimum absolute atomic E-state index is 0.177. The molecule has 2 aliphatic rings. The summed E-state index contributed by atoms with van der Waals surface area (Å²) in [7, 11) is 0. The second-order valence-electron chi connectivity index (χ2n) is 7.82. The average molecular weight is 362 g/mol. The lowest BCUT2D eigenvalue weighted by molar-refractivity contribution is -0.138. The molecule has 0 spiro atoms. The zero-order chi connectivity index (χ0) is 18.5. The summed E-state index contributed by atoms with van der Waals surface area (Å²) in [6, 6.07) is 7.52. The van der Waals surface area contributed by atoms with Crippen molar-refractivity contribution in [2.24, 2.45) is 5.92 Å². The van der Waals surface area contributed by atoms with Gasteiger partial charge >= 0.3 is 0 Å². The summed E-state index contributed by atoms with van der Waals surface area (Å²) in [6.07, 6.45) is 5.06. The van der Waals surface area contributed by atoms with Gasteiger partial charge in [0.1, 0.15) is 5.82 Å². The molecule has 4 nitrogen and oxygen atoms in total. The van der Waals surface area contributed by atoms with Crippen molar-refractivity contribution in [3.8, 4) is 0 Å². The van der Waals surface area contributed by atoms with Crippen LogP contribution in [0.4, 0.5) is 10.1 Å². The van der Waals surface area contributed by atoms with Crippen LogP contribution in [0.15, 0.2) is 24.3 Å². The van der Waals surface area contributed by atoms with Crippen molar-refractivity contribution in [2.45, 2.75) is 58.0 Å². The topological polar surface area (TPSA) is 35.6 Å². The fraction of sp³-hybridized carbons (Fsp3) is 0.667. The maximum absolute atomic E-state index is 13.0. The van der Waals surface area contributed by atoms with Gasteiger partial charge < -0.3 is 10.2 Å². The number of benzene rings is 1. The van der Waals surface area contributed by atoms with E-state index in [1.807, 2.05) is 0 Å². The van der Waals surface area contributed by atoms with Crippen LogP contribution in [0.5, 0.6) is 0 Å². The molecule has 0 bridgehead atoms. The zero-order valence-corrected chi connectivity index (χ0v) is 16.1. The summed E-state index contributed by atoms with van der Waals surface area (Å²) in [5, 5.41) is 3.47. The highest BCUT2D eigenvalue weighted by Gasteiger charge is 2.31. The van der Waals surface area contributed by atoms with Crippen LogP contribution in [0.25, 0.3) is 0 Å². The van der Waals surface area contributed by atoms with E-state index in [-0.39, 0.29) is 11.7 Å². The average Bonchev–Trinajstić information content (AvgIpc) is 2.69. The molecule has 1 atom stereocenters. The van der Waals surface area contributed by atoms with E-state index in [1.54, 1.807) is 12.1 Å². The lowest BCUT2D eigenvalue weighted by atomic mass is 9.85. The number of piperazine rings is 1. The Morgan fingerprint density at radius 3 is 2.31 bits per heavy atom. The molecule has 26 heavy (non-hydrogen) atoms. The number of carbonyl (C=O) groups excluding carboxylic acids is 1. The maximum Gasteiger partial charge on any atom is 0.225 e. The highest BCUT2D eigenvalue weighted by molar-refractivity contribution is 5.79. The minimum atomic E-state index is -0.210. The van der Waals surface area contributed by atoms with Gasteiger partial charge in [-0.15, -0.1) is 0 Å². The monoisotopic (exact) mass is 361 g/mol. The van der Waals surface area contributed by atoms with Gasteiger partial charge in [-0.3, -0.25) is 9.69 Å². The van der Waals surface area contributed by atoms with Gasteiger partial charge in [-0.25, -0.2) is 4.39 Å². The third kappa shape index (κ3) is 4.76. The fourth-order valence-corrected chi connectivity index (χ4v) is 4.17. The van der Waals surface area contributed by atoms with Gasteiger partial charge in [0.25, 0.3) is 0 Å². The zero-order valence-electron chi connectivity index (χ0n) is 16.1. The van der Waals surface area contributed by atoms with Crippen molar-refractivity contribution in [2.75, 3.05) is 31.5 Å². The lowest BCUT2D eigenvalue weighted by Crippen LogP contribution is -2.52. The molecule has 1 saturated carbocycles. The lowest BCUT2D eigenvalue weighted by Gasteiger charge is -2.40. The maximum atomic E-state index is 13.0. The molecule has 1 heterocycles. The van der Waals surface area contributed by atoms with Gasteiger partial charge in [0.05, 0.1) is 0 Å². The van der Waals surface area contributed by atoms with E-state index < -0.39 is 0 Å². The Morgan fingerprint density at radius 2 is 1.73 bits per heavy atom. The van der Waals surface area contributed by atoms with Crippen molar-refractivity contribution < 1.29 is 9.18 Å². The summed E-state index contributed by atoms with van der Waals surface area (Å²) in [5.74, 6) is 0.323. The molecular weight excluding hydrogens is 329 g/mol. The summed E-state index contributed by atoms with van der Waals surface area (Å²) in [6.45, 7) is 8.24. The van der Waals surface area contributed by atoms with Gasteiger partial charge in [0.2, 0.25) is 5.91 Å². The number of rotatable bonds is 5. The van der Waals surface area contributed by atoms with Crippen molar-refractivity contribution in [1.82, 2.24) is 9.80 Å². The Bertz CT molecular complexity index is 575. The predicted octanol–water partition coefficient (Wildman–Crippen LogP) is 3.74. The highest BCUT2D eigenvalue weighted by Crippen LogP contribution is 2.28. The highest BCUT2D eigenvalue weighted by atomic mass is 19.1. The first kappa shape index (κ1) is 19.2. The molecule has 1 N–H and O–H groups in total. The normalized spacial score (nSPS) is 25.7. The fourth-order valence-electron chi connectivity index (χ4n) is 4.17. The molecule has 0 radical (unpaired) electrons. The van der Waals surface area contributed by atoms with Gasteiger partial charge in [-0.2, -0.15) is 0 Å². The standard InChI is InChI=1S/C21H32FN3O/c1-3-16(2)24-12-14-25(15-13-24)21(26)17-4-8-19(9-5-17)23-20-10-6-18(22)7-11-20/h6-7,10-11,16-17,19,23H,3-5,8-9,12-15H2,1-2H3. The Kier molecular flexibility index (Phi) is 6.52. The molecule has 144 valence electrons. The van der Waals surface area contributed by atoms with Crippen LogP contribution in [0.3, 0.4) is 0 Å². The first-order valence-corrected chi connectivity index (χ1v) is 10.1. The number of halogens is 1. The molecule has 5 heteroatoms. The molecule has 1 saturated heterocycles. The van der Waals surface area contributed by atoms with Crippen molar-refractivity contribution >= 4 is 11.6 Å². The van der Waals surface area contributed by atoms with Crippen LogP contribution >= 0.6 is 0 Å². The van der Waals surface area contributed by atoms with E-state index in [1.165, 1.54) is 18.6 Å². The summed E-state index contributed by atoms with van der Waals surface area (Å²) in [4.78, 5) is 17.4. The van der Waals surface area contributed by atoms with Crippen LogP contribution in [-0.4, -0.2) is 54.0 Å². The quantitative estimate of drug-likeness (QED) is 0.868. The molecule has 2 fully saturated rings. The Hall–Kier alpha value is -1.62. The minimum Gasteiger partial charge on any atom is -0.382 e. The number of nitrogens with zero attached hydrogens (tertiary/aromatic N) is 2. The number of carbonyl (C=O) groups is 1. The first-order chi connectivity index (χ1) is 12.6. The van der Waals surface area contributed by atoms with E-state index in [9.17, 15) is 9.18 Å². The third-order valence-electron chi connectivity index (χ3n) is 6.13. The first-order valence-electron chi connectivity index (χ1n) is 10.1. The van der Waals surface area contributed by atoms with Gasteiger partial charge in [0, 0.05) is 49.9 Å². The summed E-state index contributed by atoms with van der Waals surface area (Å²) in [5.41, 5.74) is 0.961. The van der Waals surface area contributed by atoms with Crippen LogP contribution in [0.1, 0.15) is 46.0 Å². The molecular formula is C21H32FN3O. The Morgan fingerprint density at radius 1 is 1.12 bits per heavy atom. The van der Waals surface area contributed by atoms with Gasteiger partial charge in [-0.1, -0.05) is 6.92 Å². The molecule has 1 aliphatic heterocycles. The summed E-state index contributed by atoms with van der Waals surface area (Å²) < 4.78 is 13.0. The van der Waals surface area contributed by atoms with Crippen LogP contribution in [0.2, 0.25) is 0 Å². The van der Waals surface area contributed by atoms with E-state index in [0.717, 1.165) is 57.5 Å². The van der Waals surface area contributed by atoms with Crippen molar-refractivity contribution in [3.05, 3.63) is 30.1 Å². The molecule has 1 aromatic carbocycles. The second kappa shape index (κ2) is 8.85. The Balaban J connectivity index is 1.43. The second-order valence-corrected chi connectivity index (χ2v) is 7.82.